The van der Waals surface area contributed by atoms with Gasteiger partial charge in [0.25, 0.3) is 0 Å². The van der Waals surface area contributed by atoms with Crippen molar-refractivity contribution < 1.29 is 80.2 Å². The lowest BCUT2D eigenvalue weighted by atomic mass is 10.0. The zero-order valence-electron chi connectivity index (χ0n) is 55.4. The van der Waals surface area contributed by atoms with E-state index in [2.05, 4.69) is 34.6 Å². The van der Waals surface area contributed by atoms with Gasteiger partial charge in [0.2, 0.25) is 0 Å². The van der Waals surface area contributed by atoms with Crippen LogP contribution in [-0.4, -0.2) is 96.7 Å². The molecule has 2 unspecified atom stereocenters. The molecule has 0 spiro atoms. The Balaban J connectivity index is 5.24. The third-order valence-corrected chi connectivity index (χ3v) is 17.4. The van der Waals surface area contributed by atoms with E-state index in [1.165, 1.54) is 161 Å². The van der Waals surface area contributed by atoms with Crippen molar-refractivity contribution >= 4 is 39.5 Å². The number of phosphoric ester groups is 2. The summed E-state index contributed by atoms with van der Waals surface area (Å²) in [5.41, 5.74) is 0. The quantitative estimate of drug-likeness (QED) is 0.0222. The second kappa shape index (κ2) is 60.6. The Hall–Kier alpha value is -1.94. The van der Waals surface area contributed by atoms with Crippen molar-refractivity contribution in [3.63, 3.8) is 0 Å². The first-order valence-electron chi connectivity index (χ1n) is 35.1. The standard InChI is InChI=1S/C67H130O17P2/c1-6-9-12-15-18-21-24-26-29-31-34-40-45-50-64(69)77-56-62(83-67(72)53-48-43-36-33-30-27-25-22-19-16-13-10-7-2)58-81-85(73,74)79-54-61(68)55-80-86(75,76)82-59-63(57-78-65(70)51-46-41-38-37-39-44-49-60(4)5)84-66(71)52-47-42-35-32-28-23-20-17-14-11-8-3/h60-63,68H,6-59H2,1-5H3,(H,73,74)(H,75,76)/t61-,62-,63-/m1/s1. The summed E-state index contributed by atoms with van der Waals surface area (Å²) in [7, 11) is -9.89. The van der Waals surface area contributed by atoms with Gasteiger partial charge >= 0.3 is 39.5 Å². The van der Waals surface area contributed by atoms with Gasteiger partial charge in [0.15, 0.2) is 12.2 Å². The number of aliphatic hydroxyl groups excluding tert-OH is 1. The SMILES string of the molecule is CCCCCCCCCCCCCCCC(=O)OC[C@H](COP(=O)(O)OC[C@@H](O)COP(=O)(O)OC[C@@H](COC(=O)CCCCCCCCC(C)C)OC(=O)CCCCCCCCCCCCC)OC(=O)CCCCCCCCCCCCCCC. The van der Waals surface area contributed by atoms with Gasteiger partial charge in [0.05, 0.1) is 26.4 Å². The summed E-state index contributed by atoms with van der Waals surface area (Å²) in [5.74, 6) is -1.45. The maximum absolute atomic E-state index is 13.0. The highest BCUT2D eigenvalue weighted by Gasteiger charge is 2.30. The number of rotatable bonds is 67. The lowest BCUT2D eigenvalue weighted by Gasteiger charge is -2.21. The van der Waals surface area contributed by atoms with Gasteiger partial charge in [0, 0.05) is 25.7 Å². The predicted octanol–water partition coefficient (Wildman–Crippen LogP) is 19.0. The fourth-order valence-corrected chi connectivity index (χ4v) is 11.7. The Bertz CT molecular complexity index is 1670. The van der Waals surface area contributed by atoms with E-state index >= 15 is 0 Å². The fraction of sp³-hybridized carbons (Fsp3) is 0.940. The number of ether oxygens (including phenoxy) is 4. The number of hydrogen-bond acceptors (Lipinski definition) is 15. The van der Waals surface area contributed by atoms with Crippen LogP contribution in [0.15, 0.2) is 0 Å². The minimum absolute atomic E-state index is 0.106. The van der Waals surface area contributed by atoms with E-state index in [4.69, 9.17) is 37.0 Å². The van der Waals surface area contributed by atoms with E-state index in [-0.39, 0.29) is 25.7 Å². The number of unbranched alkanes of at least 4 members (excludes halogenated alkanes) is 39. The Labute approximate surface area is 524 Å². The maximum atomic E-state index is 13.0. The molecule has 19 heteroatoms. The molecule has 0 aromatic rings. The van der Waals surface area contributed by atoms with Crippen molar-refractivity contribution in [3.8, 4) is 0 Å². The normalized spacial score (nSPS) is 14.2. The summed E-state index contributed by atoms with van der Waals surface area (Å²) in [6.07, 6.45) is 45.8. The van der Waals surface area contributed by atoms with Gasteiger partial charge in [-0.15, -0.1) is 0 Å². The Morgan fingerprint density at radius 3 is 0.791 bits per heavy atom. The molecule has 86 heavy (non-hydrogen) atoms. The average molecular weight is 1270 g/mol. The number of hydrogen-bond donors (Lipinski definition) is 3. The summed E-state index contributed by atoms with van der Waals surface area (Å²) in [5, 5.41) is 10.6. The molecule has 0 aliphatic rings. The van der Waals surface area contributed by atoms with Crippen LogP contribution < -0.4 is 0 Å². The van der Waals surface area contributed by atoms with Crippen LogP contribution >= 0.6 is 15.6 Å². The van der Waals surface area contributed by atoms with Crippen LogP contribution in [0.2, 0.25) is 0 Å². The van der Waals surface area contributed by atoms with E-state index in [9.17, 15) is 43.2 Å². The summed E-state index contributed by atoms with van der Waals surface area (Å²) in [6, 6.07) is 0. The molecule has 3 N–H and O–H groups in total. The van der Waals surface area contributed by atoms with Crippen LogP contribution in [0.4, 0.5) is 0 Å². The molecule has 510 valence electrons. The second-order valence-corrected chi connectivity index (χ2v) is 27.6. The van der Waals surface area contributed by atoms with Crippen LogP contribution in [0.25, 0.3) is 0 Å². The molecule has 0 aliphatic carbocycles. The first-order valence-corrected chi connectivity index (χ1v) is 38.1. The number of phosphoric acid groups is 2. The number of esters is 4. The monoisotopic (exact) mass is 1270 g/mol. The summed E-state index contributed by atoms with van der Waals surface area (Å²) >= 11 is 0. The fourth-order valence-electron chi connectivity index (χ4n) is 10.1. The molecular weight excluding hydrogens is 1140 g/mol. The Morgan fingerprint density at radius 1 is 0.314 bits per heavy atom. The summed E-state index contributed by atoms with van der Waals surface area (Å²) in [6.45, 7) is 7.14. The van der Waals surface area contributed by atoms with Gasteiger partial charge in [-0.2, -0.15) is 0 Å². The minimum atomic E-state index is -4.95. The van der Waals surface area contributed by atoms with Crippen molar-refractivity contribution in [2.45, 2.75) is 361 Å². The second-order valence-electron chi connectivity index (χ2n) is 24.7. The van der Waals surface area contributed by atoms with Crippen LogP contribution in [0.1, 0.15) is 343 Å². The Kier molecular flexibility index (Phi) is 59.2. The van der Waals surface area contributed by atoms with Gasteiger partial charge < -0.3 is 33.8 Å². The van der Waals surface area contributed by atoms with Crippen molar-refractivity contribution in [2.75, 3.05) is 39.6 Å². The molecule has 0 heterocycles. The van der Waals surface area contributed by atoms with E-state index in [0.29, 0.717) is 31.6 Å². The highest BCUT2D eigenvalue weighted by Crippen LogP contribution is 2.45. The maximum Gasteiger partial charge on any atom is 0.472 e. The largest absolute Gasteiger partial charge is 0.472 e. The van der Waals surface area contributed by atoms with Crippen molar-refractivity contribution in [1.82, 2.24) is 0 Å². The molecule has 5 atom stereocenters. The zero-order valence-corrected chi connectivity index (χ0v) is 57.2. The molecule has 0 aromatic carbocycles. The van der Waals surface area contributed by atoms with Gasteiger partial charge in [-0.3, -0.25) is 37.3 Å². The number of aliphatic hydroxyl groups is 1. The summed E-state index contributed by atoms with van der Waals surface area (Å²) < 4.78 is 68.1. The predicted molar refractivity (Wildman–Crippen MR) is 345 cm³/mol. The number of carbonyl (C=O) groups is 4. The molecule has 0 saturated heterocycles. The lowest BCUT2D eigenvalue weighted by molar-refractivity contribution is -0.161. The van der Waals surface area contributed by atoms with Crippen LogP contribution in [0.3, 0.4) is 0 Å². The Morgan fingerprint density at radius 2 is 0.535 bits per heavy atom. The first kappa shape index (κ1) is 84.1. The lowest BCUT2D eigenvalue weighted by Crippen LogP contribution is -2.30. The van der Waals surface area contributed by atoms with E-state index in [1.54, 1.807) is 0 Å². The van der Waals surface area contributed by atoms with Gasteiger partial charge in [-0.1, -0.05) is 291 Å². The molecule has 0 radical (unpaired) electrons. The topological polar surface area (TPSA) is 237 Å². The van der Waals surface area contributed by atoms with Gasteiger partial charge in [-0.25, -0.2) is 9.13 Å². The molecule has 0 bridgehead atoms. The zero-order chi connectivity index (χ0) is 63.5. The molecule has 0 fully saturated rings. The van der Waals surface area contributed by atoms with Crippen LogP contribution in [-0.2, 0) is 65.4 Å². The van der Waals surface area contributed by atoms with Crippen LogP contribution in [0, 0.1) is 5.92 Å². The molecule has 0 aromatic heterocycles. The molecule has 0 saturated carbocycles. The molecule has 0 aliphatic heterocycles. The molecule has 17 nitrogen and oxygen atoms in total. The summed E-state index contributed by atoms with van der Waals surface area (Å²) in [4.78, 5) is 72.3. The van der Waals surface area contributed by atoms with Crippen molar-refractivity contribution in [1.29, 1.82) is 0 Å². The highest BCUT2D eigenvalue weighted by atomic mass is 31.2. The molecular formula is C67H130O17P2. The van der Waals surface area contributed by atoms with Gasteiger partial charge in [0.1, 0.15) is 19.3 Å². The van der Waals surface area contributed by atoms with Crippen molar-refractivity contribution in [2.24, 2.45) is 5.92 Å². The average Bonchev–Trinajstić information content (AvgIpc) is 3.59. The molecule has 0 rings (SSSR count). The number of carbonyl (C=O) groups excluding carboxylic acids is 4. The van der Waals surface area contributed by atoms with E-state index in [1.807, 2.05) is 0 Å². The van der Waals surface area contributed by atoms with Crippen molar-refractivity contribution in [3.05, 3.63) is 0 Å². The highest BCUT2D eigenvalue weighted by molar-refractivity contribution is 7.47. The third-order valence-electron chi connectivity index (χ3n) is 15.5. The first-order chi connectivity index (χ1) is 41.5. The van der Waals surface area contributed by atoms with E-state index in [0.717, 1.165) is 96.3 Å². The third kappa shape index (κ3) is 60.9. The van der Waals surface area contributed by atoms with E-state index < -0.39 is 97.5 Å². The smallest absolute Gasteiger partial charge is 0.462 e. The van der Waals surface area contributed by atoms with Gasteiger partial charge in [-0.05, 0) is 31.6 Å². The van der Waals surface area contributed by atoms with Crippen LogP contribution in [0.5, 0.6) is 0 Å². The molecule has 0 amide bonds. The minimum Gasteiger partial charge on any atom is -0.462 e.